The standard InChI is InChI=1S/C15H16N4O2/c1-16-15-17-9-13(19(20)21)14(18-15)12-7-3-6-11(8-12)10-4-2-5-10/h3,6-10H,2,4-5H2,1H3,(H,16,17,18). The van der Waals surface area contributed by atoms with Crippen LogP contribution in [0.5, 0.6) is 0 Å². The fraction of sp³-hybridized carbons (Fsp3) is 0.333. The van der Waals surface area contributed by atoms with Crippen LogP contribution >= 0.6 is 0 Å². The van der Waals surface area contributed by atoms with Crippen molar-refractivity contribution in [3.05, 3.63) is 46.1 Å². The van der Waals surface area contributed by atoms with Crippen LogP contribution in [-0.2, 0) is 0 Å². The molecule has 1 saturated carbocycles. The van der Waals surface area contributed by atoms with Gasteiger partial charge in [0.1, 0.15) is 6.20 Å². The van der Waals surface area contributed by atoms with Crippen molar-refractivity contribution in [3.63, 3.8) is 0 Å². The summed E-state index contributed by atoms with van der Waals surface area (Å²) in [4.78, 5) is 18.9. The molecule has 6 nitrogen and oxygen atoms in total. The molecule has 0 amide bonds. The Hall–Kier alpha value is -2.50. The SMILES string of the molecule is CNc1ncc([N+](=O)[O-])c(-c2cccc(C3CCC3)c2)n1. The highest BCUT2D eigenvalue weighted by Crippen LogP contribution is 2.38. The van der Waals surface area contributed by atoms with Crippen molar-refractivity contribution in [1.82, 2.24) is 9.97 Å². The summed E-state index contributed by atoms with van der Waals surface area (Å²) in [6.07, 6.45) is 4.89. The number of nitrogens with one attached hydrogen (secondary N) is 1. The molecular formula is C15H16N4O2. The molecule has 1 aliphatic rings. The zero-order valence-corrected chi connectivity index (χ0v) is 11.7. The maximum Gasteiger partial charge on any atom is 0.313 e. The van der Waals surface area contributed by atoms with Crippen molar-refractivity contribution in [2.75, 3.05) is 12.4 Å². The smallest absolute Gasteiger partial charge is 0.313 e. The molecule has 0 unspecified atom stereocenters. The van der Waals surface area contributed by atoms with E-state index in [4.69, 9.17) is 0 Å². The van der Waals surface area contributed by atoms with Gasteiger partial charge in [-0.2, -0.15) is 0 Å². The van der Waals surface area contributed by atoms with E-state index in [1.165, 1.54) is 31.0 Å². The number of nitrogens with zero attached hydrogens (tertiary/aromatic N) is 3. The molecule has 1 fully saturated rings. The third-order valence-corrected chi connectivity index (χ3v) is 3.93. The van der Waals surface area contributed by atoms with Crippen molar-refractivity contribution in [1.29, 1.82) is 0 Å². The maximum absolute atomic E-state index is 11.2. The zero-order valence-electron chi connectivity index (χ0n) is 11.7. The van der Waals surface area contributed by atoms with Crippen LogP contribution in [0, 0.1) is 10.1 Å². The van der Waals surface area contributed by atoms with Crippen molar-refractivity contribution >= 4 is 11.6 Å². The Morgan fingerprint density at radius 1 is 1.38 bits per heavy atom. The summed E-state index contributed by atoms with van der Waals surface area (Å²) in [7, 11) is 1.69. The molecule has 0 aliphatic heterocycles. The van der Waals surface area contributed by atoms with E-state index in [1.54, 1.807) is 7.05 Å². The van der Waals surface area contributed by atoms with E-state index in [0.29, 0.717) is 17.6 Å². The number of hydrogen-bond acceptors (Lipinski definition) is 5. The van der Waals surface area contributed by atoms with Crippen LogP contribution in [0.2, 0.25) is 0 Å². The lowest BCUT2D eigenvalue weighted by molar-refractivity contribution is -0.384. The van der Waals surface area contributed by atoms with Crippen molar-refractivity contribution in [2.45, 2.75) is 25.2 Å². The summed E-state index contributed by atoms with van der Waals surface area (Å²) >= 11 is 0. The number of benzene rings is 1. The van der Waals surface area contributed by atoms with E-state index in [1.807, 2.05) is 18.2 Å². The second-order valence-corrected chi connectivity index (χ2v) is 5.19. The van der Waals surface area contributed by atoms with Gasteiger partial charge in [0.05, 0.1) is 4.92 Å². The number of anilines is 1. The Bertz CT molecular complexity index is 683. The van der Waals surface area contributed by atoms with Crippen molar-refractivity contribution < 1.29 is 4.92 Å². The zero-order chi connectivity index (χ0) is 14.8. The Kier molecular flexibility index (Phi) is 3.51. The predicted molar refractivity (Wildman–Crippen MR) is 80.3 cm³/mol. The van der Waals surface area contributed by atoms with E-state index in [0.717, 1.165) is 5.56 Å². The molecule has 2 aromatic rings. The third kappa shape index (κ3) is 2.56. The Labute approximate surface area is 122 Å². The second kappa shape index (κ2) is 5.47. The van der Waals surface area contributed by atoms with Crippen LogP contribution in [0.25, 0.3) is 11.3 Å². The van der Waals surface area contributed by atoms with E-state index in [-0.39, 0.29) is 5.69 Å². The van der Waals surface area contributed by atoms with Gasteiger partial charge in [-0.1, -0.05) is 24.6 Å². The molecule has 6 heteroatoms. The first-order valence-electron chi connectivity index (χ1n) is 6.98. The maximum atomic E-state index is 11.2. The number of aromatic nitrogens is 2. The molecule has 0 bridgehead atoms. The first kappa shape index (κ1) is 13.5. The fourth-order valence-electron chi connectivity index (χ4n) is 2.52. The first-order chi connectivity index (χ1) is 10.2. The molecule has 0 radical (unpaired) electrons. The predicted octanol–water partition coefficient (Wildman–Crippen LogP) is 3.36. The van der Waals surface area contributed by atoms with Gasteiger partial charge < -0.3 is 5.32 Å². The fourth-order valence-corrected chi connectivity index (χ4v) is 2.52. The highest BCUT2D eigenvalue weighted by molar-refractivity contribution is 5.70. The molecule has 1 aliphatic carbocycles. The van der Waals surface area contributed by atoms with Gasteiger partial charge in [0.15, 0.2) is 5.69 Å². The van der Waals surface area contributed by atoms with Gasteiger partial charge >= 0.3 is 5.69 Å². The van der Waals surface area contributed by atoms with Crippen LogP contribution in [-0.4, -0.2) is 21.9 Å². The monoisotopic (exact) mass is 284 g/mol. The largest absolute Gasteiger partial charge is 0.357 e. The molecule has 108 valence electrons. The van der Waals surface area contributed by atoms with E-state index in [9.17, 15) is 10.1 Å². The van der Waals surface area contributed by atoms with Gasteiger partial charge in [-0.3, -0.25) is 10.1 Å². The van der Waals surface area contributed by atoms with E-state index < -0.39 is 4.92 Å². The topological polar surface area (TPSA) is 81.0 Å². The van der Waals surface area contributed by atoms with Crippen molar-refractivity contribution in [2.24, 2.45) is 0 Å². The van der Waals surface area contributed by atoms with Crippen LogP contribution < -0.4 is 5.32 Å². The molecule has 1 aromatic carbocycles. The summed E-state index contributed by atoms with van der Waals surface area (Å²) in [6, 6.07) is 7.89. The second-order valence-electron chi connectivity index (χ2n) is 5.19. The van der Waals surface area contributed by atoms with E-state index >= 15 is 0 Å². The average Bonchev–Trinajstić information content (AvgIpc) is 2.45. The molecule has 0 atom stereocenters. The normalized spacial score (nSPS) is 14.5. The molecule has 3 rings (SSSR count). The summed E-state index contributed by atoms with van der Waals surface area (Å²) in [5, 5.41) is 14.0. The quantitative estimate of drug-likeness (QED) is 0.687. The van der Waals surface area contributed by atoms with Crippen LogP contribution in [0.1, 0.15) is 30.7 Å². The third-order valence-electron chi connectivity index (χ3n) is 3.93. The highest BCUT2D eigenvalue weighted by atomic mass is 16.6. The van der Waals surface area contributed by atoms with Crippen LogP contribution in [0.4, 0.5) is 11.6 Å². The summed E-state index contributed by atoms with van der Waals surface area (Å²) in [6.45, 7) is 0. The van der Waals surface area contributed by atoms with Crippen molar-refractivity contribution in [3.8, 4) is 11.3 Å². The Balaban J connectivity index is 2.07. The lowest BCUT2D eigenvalue weighted by Crippen LogP contribution is -2.08. The lowest BCUT2D eigenvalue weighted by Gasteiger charge is -2.26. The van der Waals surface area contributed by atoms with Gasteiger partial charge in [0.2, 0.25) is 5.95 Å². The van der Waals surface area contributed by atoms with Gasteiger partial charge in [-0.15, -0.1) is 0 Å². The summed E-state index contributed by atoms with van der Waals surface area (Å²) in [5.74, 6) is 0.958. The molecule has 1 N–H and O–H groups in total. The first-order valence-corrected chi connectivity index (χ1v) is 6.98. The molecule has 21 heavy (non-hydrogen) atoms. The number of nitro groups is 1. The molecule has 1 aromatic heterocycles. The van der Waals surface area contributed by atoms with Crippen LogP contribution in [0.15, 0.2) is 30.5 Å². The highest BCUT2D eigenvalue weighted by Gasteiger charge is 2.22. The minimum atomic E-state index is -0.440. The minimum absolute atomic E-state index is 0.0697. The Morgan fingerprint density at radius 2 is 2.19 bits per heavy atom. The van der Waals surface area contributed by atoms with Gasteiger partial charge in [-0.05, 0) is 30.4 Å². The van der Waals surface area contributed by atoms with Gasteiger partial charge in [0.25, 0.3) is 0 Å². The van der Waals surface area contributed by atoms with E-state index in [2.05, 4.69) is 21.4 Å². The lowest BCUT2D eigenvalue weighted by atomic mass is 9.79. The average molecular weight is 284 g/mol. The van der Waals surface area contributed by atoms with Gasteiger partial charge in [-0.25, -0.2) is 9.97 Å². The van der Waals surface area contributed by atoms with Gasteiger partial charge in [0, 0.05) is 12.6 Å². The minimum Gasteiger partial charge on any atom is -0.357 e. The number of rotatable bonds is 4. The summed E-state index contributed by atoms with van der Waals surface area (Å²) in [5.41, 5.74) is 2.29. The molecule has 0 saturated heterocycles. The molecular weight excluding hydrogens is 268 g/mol. The van der Waals surface area contributed by atoms with Crippen LogP contribution in [0.3, 0.4) is 0 Å². The Morgan fingerprint density at radius 3 is 2.81 bits per heavy atom. The molecule has 1 heterocycles. The number of hydrogen-bond donors (Lipinski definition) is 1. The molecule has 0 spiro atoms. The summed E-state index contributed by atoms with van der Waals surface area (Å²) < 4.78 is 0.